The van der Waals surface area contributed by atoms with Crippen molar-refractivity contribution >= 4 is 11.8 Å². The summed E-state index contributed by atoms with van der Waals surface area (Å²) >= 11 is 0. The Bertz CT molecular complexity index is 962. The molecule has 0 aromatic heterocycles. The minimum absolute atomic E-state index is 0.0623. The highest BCUT2D eigenvalue weighted by Crippen LogP contribution is 2.60. The molecule has 4 nitrogen and oxygen atoms in total. The molecular weight excluding hydrogens is 372 g/mol. The van der Waals surface area contributed by atoms with Crippen molar-refractivity contribution < 1.29 is 9.59 Å². The summed E-state index contributed by atoms with van der Waals surface area (Å²) in [7, 11) is 0. The molecule has 0 unspecified atom stereocenters. The van der Waals surface area contributed by atoms with Gasteiger partial charge < -0.3 is 11.1 Å². The van der Waals surface area contributed by atoms with Crippen LogP contribution in [0.2, 0.25) is 0 Å². The predicted octanol–water partition coefficient (Wildman–Crippen LogP) is 3.99. The van der Waals surface area contributed by atoms with Crippen LogP contribution in [-0.2, 0) is 9.59 Å². The summed E-state index contributed by atoms with van der Waals surface area (Å²) in [6.07, 6.45) is 6.80. The van der Waals surface area contributed by atoms with Crippen molar-refractivity contribution in [3.8, 4) is 11.1 Å². The van der Waals surface area contributed by atoms with Gasteiger partial charge in [0.2, 0.25) is 11.8 Å². The molecule has 2 aromatic carbocycles. The molecule has 0 radical (unpaired) electrons. The van der Waals surface area contributed by atoms with Crippen LogP contribution in [0.15, 0.2) is 48.5 Å². The Labute approximate surface area is 177 Å². The van der Waals surface area contributed by atoms with Gasteiger partial charge in [-0.15, -0.1) is 0 Å². The molecule has 4 fully saturated rings. The van der Waals surface area contributed by atoms with E-state index in [9.17, 15) is 9.59 Å². The molecule has 0 heterocycles. The molecule has 1 atom stereocenters. The van der Waals surface area contributed by atoms with E-state index in [2.05, 4.69) is 29.6 Å². The second-order valence-corrected chi connectivity index (χ2v) is 10.2. The lowest BCUT2D eigenvalue weighted by Gasteiger charge is -2.55. The zero-order valence-corrected chi connectivity index (χ0v) is 17.1. The minimum Gasteiger partial charge on any atom is -0.368 e. The highest BCUT2D eigenvalue weighted by molar-refractivity contribution is 5.93. The lowest BCUT2D eigenvalue weighted by Crippen LogP contribution is -2.58. The number of fused-ring (bicyclic) bond motifs is 3. The lowest BCUT2D eigenvalue weighted by molar-refractivity contribution is -0.148. The van der Waals surface area contributed by atoms with Crippen LogP contribution in [-0.4, -0.2) is 17.9 Å². The van der Waals surface area contributed by atoms with Crippen LogP contribution in [0.5, 0.6) is 0 Å². The zero-order chi connectivity index (χ0) is 20.5. The van der Waals surface area contributed by atoms with Crippen LogP contribution in [0, 0.1) is 23.2 Å². The van der Waals surface area contributed by atoms with Gasteiger partial charge in [-0.1, -0.05) is 48.5 Å². The molecule has 5 aliphatic rings. The first-order chi connectivity index (χ1) is 14.5. The summed E-state index contributed by atoms with van der Waals surface area (Å²) in [6.45, 7) is 0. The highest BCUT2D eigenvalue weighted by atomic mass is 16.2. The predicted molar refractivity (Wildman–Crippen MR) is 115 cm³/mol. The van der Waals surface area contributed by atoms with E-state index >= 15 is 0 Å². The van der Waals surface area contributed by atoms with E-state index in [0.717, 1.165) is 41.5 Å². The Hall–Kier alpha value is -2.62. The number of nitrogens with two attached hydrogens (primary N) is 1. The van der Waals surface area contributed by atoms with Crippen molar-refractivity contribution in [1.82, 2.24) is 5.32 Å². The van der Waals surface area contributed by atoms with Crippen molar-refractivity contribution in [3.63, 3.8) is 0 Å². The van der Waals surface area contributed by atoms with Gasteiger partial charge in [0.25, 0.3) is 0 Å². The molecule has 3 N–H and O–H groups in total. The number of carbonyl (C=O) groups excluding carboxylic acids is 2. The minimum atomic E-state index is -0.727. The molecule has 0 saturated heterocycles. The Morgan fingerprint density at radius 3 is 1.77 bits per heavy atom. The second-order valence-electron chi connectivity index (χ2n) is 10.2. The average molecular weight is 401 g/mol. The SMILES string of the molecule is NC(=O)[C@@H](NC(=O)C12CC3CC(CC(C3)C1)C2)C1c2ccccc2-c2ccccc21. The van der Waals surface area contributed by atoms with Crippen LogP contribution in [0.25, 0.3) is 11.1 Å². The number of carbonyl (C=O) groups is 2. The standard InChI is InChI=1S/C26H28N2O2/c27-24(29)23(22-20-7-3-1-5-18(20)19-6-2-4-8-21(19)22)28-25(30)26-12-15-9-16(13-26)11-17(10-15)14-26/h1-8,15-17,22-23H,9-14H2,(H2,27,29)(H,28,30)/t15?,16?,17?,23-,26?/m0/s1. The van der Waals surface area contributed by atoms with Crippen molar-refractivity contribution in [3.05, 3.63) is 59.7 Å². The van der Waals surface area contributed by atoms with Crippen molar-refractivity contribution in [2.75, 3.05) is 0 Å². The highest BCUT2D eigenvalue weighted by Gasteiger charge is 2.55. The van der Waals surface area contributed by atoms with Crippen LogP contribution in [0.1, 0.15) is 55.6 Å². The number of amides is 2. The van der Waals surface area contributed by atoms with Gasteiger partial charge in [-0.2, -0.15) is 0 Å². The summed E-state index contributed by atoms with van der Waals surface area (Å²) in [5, 5.41) is 3.18. The first kappa shape index (κ1) is 18.2. The van der Waals surface area contributed by atoms with E-state index in [1.165, 1.54) is 19.3 Å². The normalized spacial score (nSPS) is 31.8. The van der Waals surface area contributed by atoms with Gasteiger partial charge in [0.15, 0.2) is 0 Å². The van der Waals surface area contributed by atoms with Crippen LogP contribution in [0.3, 0.4) is 0 Å². The Morgan fingerprint density at radius 2 is 1.30 bits per heavy atom. The average Bonchev–Trinajstić information content (AvgIpc) is 3.05. The van der Waals surface area contributed by atoms with Gasteiger partial charge in [0, 0.05) is 11.3 Å². The molecule has 7 rings (SSSR count). The largest absolute Gasteiger partial charge is 0.368 e. The number of benzene rings is 2. The molecule has 4 heteroatoms. The summed E-state index contributed by atoms with van der Waals surface area (Å²) in [5.74, 6) is 1.43. The fraction of sp³-hybridized carbons (Fsp3) is 0.462. The number of rotatable bonds is 4. The molecule has 4 saturated carbocycles. The molecule has 5 aliphatic carbocycles. The van der Waals surface area contributed by atoms with Gasteiger partial charge in [-0.25, -0.2) is 0 Å². The van der Waals surface area contributed by atoms with Gasteiger partial charge in [-0.3, -0.25) is 9.59 Å². The number of hydrogen-bond acceptors (Lipinski definition) is 2. The Morgan fingerprint density at radius 1 is 0.833 bits per heavy atom. The summed E-state index contributed by atoms with van der Waals surface area (Å²) < 4.78 is 0. The Kier molecular flexibility index (Phi) is 3.90. The summed E-state index contributed by atoms with van der Waals surface area (Å²) in [5.41, 5.74) is 10.0. The lowest BCUT2D eigenvalue weighted by atomic mass is 9.49. The van der Waals surface area contributed by atoms with E-state index in [1.807, 2.05) is 24.3 Å². The quantitative estimate of drug-likeness (QED) is 0.815. The monoisotopic (exact) mass is 400 g/mol. The van der Waals surface area contributed by atoms with E-state index < -0.39 is 11.9 Å². The number of nitrogens with one attached hydrogen (secondary N) is 1. The van der Waals surface area contributed by atoms with E-state index in [1.54, 1.807) is 0 Å². The van der Waals surface area contributed by atoms with Crippen molar-refractivity contribution in [2.45, 2.75) is 50.5 Å². The van der Waals surface area contributed by atoms with Crippen LogP contribution in [0.4, 0.5) is 0 Å². The maximum Gasteiger partial charge on any atom is 0.240 e. The van der Waals surface area contributed by atoms with Gasteiger partial charge in [-0.05, 0) is 78.5 Å². The maximum absolute atomic E-state index is 13.7. The fourth-order valence-electron chi connectivity index (χ4n) is 7.56. The van der Waals surface area contributed by atoms with E-state index in [0.29, 0.717) is 17.8 Å². The Balaban J connectivity index is 1.36. The molecule has 154 valence electrons. The first-order valence-corrected chi connectivity index (χ1v) is 11.3. The number of hydrogen-bond donors (Lipinski definition) is 2. The topological polar surface area (TPSA) is 72.2 Å². The van der Waals surface area contributed by atoms with Crippen molar-refractivity contribution in [2.24, 2.45) is 28.9 Å². The summed E-state index contributed by atoms with van der Waals surface area (Å²) in [6, 6.07) is 15.6. The smallest absolute Gasteiger partial charge is 0.240 e. The molecule has 0 aliphatic heterocycles. The molecule has 0 spiro atoms. The third kappa shape index (κ3) is 2.59. The molecule has 4 bridgehead atoms. The van der Waals surface area contributed by atoms with Crippen LogP contribution >= 0.6 is 0 Å². The third-order valence-corrected chi connectivity index (χ3v) is 8.33. The molecule has 2 aromatic rings. The van der Waals surface area contributed by atoms with E-state index in [-0.39, 0.29) is 17.2 Å². The van der Waals surface area contributed by atoms with Crippen molar-refractivity contribution in [1.29, 1.82) is 0 Å². The van der Waals surface area contributed by atoms with Gasteiger partial charge in [0.1, 0.15) is 6.04 Å². The molecular formula is C26H28N2O2. The van der Waals surface area contributed by atoms with Crippen LogP contribution < -0.4 is 11.1 Å². The third-order valence-electron chi connectivity index (χ3n) is 8.33. The van der Waals surface area contributed by atoms with Gasteiger partial charge in [0.05, 0.1) is 0 Å². The number of primary amides is 1. The zero-order valence-electron chi connectivity index (χ0n) is 17.1. The second kappa shape index (κ2) is 6.44. The fourth-order valence-corrected chi connectivity index (χ4v) is 7.56. The molecule has 30 heavy (non-hydrogen) atoms. The first-order valence-electron chi connectivity index (χ1n) is 11.3. The maximum atomic E-state index is 13.7. The summed E-state index contributed by atoms with van der Waals surface area (Å²) in [4.78, 5) is 26.3. The molecule has 2 amide bonds. The van der Waals surface area contributed by atoms with Gasteiger partial charge >= 0.3 is 0 Å². The van der Waals surface area contributed by atoms with E-state index in [4.69, 9.17) is 5.73 Å².